The zero-order valence-electron chi connectivity index (χ0n) is 15.9. The molecule has 2 amide bonds. The summed E-state index contributed by atoms with van der Waals surface area (Å²) in [6.45, 7) is 2.33. The van der Waals surface area contributed by atoms with E-state index in [4.69, 9.17) is 23.2 Å². The van der Waals surface area contributed by atoms with Crippen molar-refractivity contribution in [1.82, 2.24) is 20.3 Å². The number of aromatic nitrogens is 3. The lowest BCUT2D eigenvalue weighted by Crippen LogP contribution is -2.18. The third-order valence-corrected chi connectivity index (χ3v) is 5.12. The Balaban J connectivity index is 1.63. The number of hydrogen-bond donors (Lipinski definition) is 2. The Morgan fingerprint density at radius 3 is 2.45 bits per heavy atom. The van der Waals surface area contributed by atoms with E-state index >= 15 is 0 Å². The van der Waals surface area contributed by atoms with Crippen molar-refractivity contribution >= 4 is 40.7 Å². The second-order valence-electron chi connectivity index (χ2n) is 6.41. The molecule has 150 valence electrons. The van der Waals surface area contributed by atoms with E-state index in [1.165, 1.54) is 0 Å². The van der Waals surface area contributed by atoms with Crippen molar-refractivity contribution in [2.24, 2.45) is 0 Å². The molecule has 2 aromatic carbocycles. The minimum absolute atomic E-state index is 0.0877. The molecule has 7 nitrogen and oxygen atoms in total. The SMILES string of the molecule is CNC(=O)c1ccc(NC(=O)Cc2nnn(Cc3ccc(Cl)c(Cl)c3)c2C)cc1. The summed E-state index contributed by atoms with van der Waals surface area (Å²) >= 11 is 12.0. The number of anilines is 1. The molecule has 0 saturated heterocycles. The van der Waals surface area contributed by atoms with Gasteiger partial charge in [-0.05, 0) is 48.9 Å². The van der Waals surface area contributed by atoms with Gasteiger partial charge in [-0.3, -0.25) is 9.59 Å². The topological polar surface area (TPSA) is 88.9 Å². The molecule has 0 saturated carbocycles. The van der Waals surface area contributed by atoms with Gasteiger partial charge in [0.15, 0.2) is 0 Å². The monoisotopic (exact) mass is 431 g/mol. The van der Waals surface area contributed by atoms with Crippen molar-refractivity contribution in [1.29, 1.82) is 0 Å². The average Bonchev–Trinajstić information content (AvgIpc) is 3.04. The Labute approximate surface area is 178 Å². The predicted molar refractivity (Wildman–Crippen MR) is 112 cm³/mol. The van der Waals surface area contributed by atoms with Crippen LogP contribution in [0.2, 0.25) is 10.0 Å². The summed E-state index contributed by atoms with van der Waals surface area (Å²) in [5.41, 5.74) is 3.43. The summed E-state index contributed by atoms with van der Waals surface area (Å²) in [4.78, 5) is 23.9. The summed E-state index contributed by atoms with van der Waals surface area (Å²) in [6, 6.07) is 12.0. The molecule has 9 heteroatoms. The van der Waals surface area contributed by atoms with Crippen LogP contribution in [0.3, 0.4) is 0 Å². The third-order valence-electron chi connectivity index (χ3n) is 4.38. The average molecular weight is 432 g/mol. The van der Waals surface area contributed by atoms with Crippen molar-refractivity contribution < 1.29 is 9.59 Å². The fourth-order valence-electron chi connectivity index (χ4n) is 2.73. The lowest BCUT2D eigenvalue weighted by atomic mass is 10.2. The normalized spacial score (nSPS) is 10.6. The van der Waals surface area contributed by atoms with Gasteiger partial charge in [0.2, 0.25) is 5.91 Å². The van der Waals surface area contributed by atoms with E-state index in [9.17, 15) is 9.59 Å². The summed E-state index contributed by atoms with van der Waals surface area (Å²) in [5, 5.41) is 14.6. The Kier molecular flexibility index (Phi) is 6.51. The molecule has 0 radical (unpaired) electrons. The molecular formula is C20H19Cl2N5O2. The molecule has 0 spiro atoms. The zero-order chi connectivity index (χ0) is 21.0. The van der Waals surface area contributed by atoms with Gasteiger partial charge < -0.3 is 10.6 Å². The fourth-order valence-corrected chi connectivity index (χ4v) is 3.05. The highest BCUT2D eigenvalue weighted by molar-refractivity contribution is 6.42. The number of carbonyl (C=O) groups is 2. The molecule has 29 heavy (non-hydrogen) atoms. The van der Waals surface area contributed by atoms with Gasteiger partial charge in [0, 0.05) is 18.3 Å². The second-order valence-corrected chi connectivity index (χ2v) is 7.22. The number of halogens is 2. The molecule has 1 heterocycles. The van der Waals surface area contributed by atoms with Gasteiger partial charge in [-0.2, -0.15) is 0 Å². The highest BCUT2D eigenvalue weighted by Gasteiger charge is 2.14. The van der Waals surface area contributed by atoms with Gasteiger partial charge in [-0.15, -0.1) is 5.10 Å². The predicted octanol–water partition coefficient (Wildman–Crippen LogP) is 3.48. The molecular weight excluding hydrogens is 413 g/mol. The molecule has 0 unspecified atom stereocenters. The number of carbonyl (C=O) groups excluding carboxylic acids is 2. The first-order valence-electron chi connectivity index (χ1n) is 8.82. The molecule has 0 bridgehead atoms. The standard InChI is InChI=1S/C20H19Cl2N5O2/c1-12-18(25-26-27(12)11-13-3-8-16(21)17(22)9-13)10-19(28)24-15-6-4-14(5-7-15)20(29)23-2/h3-9H,10-11H2,1-2H3,(H,23,29)(H,24,28). The largest absolute Gasteiger partial charge is 0.355 e. The highest BCUT2D eigenvalue weighted by Crippen LogP contribution is 2.23. The van der Waals surface area contributed by atoms with Crippen molar-refractivity contribution in [3.05, 3.63) is 75.0 Å². The number of nitrogens with zero attached hydrogens (tertiary/aromatic N) is 3. The van der Waals surface area contributed by atoms with Crippen molar-refractivity contribution in [3.8, 4) is 0 Å². The van der Waals surface area contributed by atoms with Crippen LogP contribution >= 0.6 is 23.2 Å². The van der Waals surface area contributed by atoms with Crippen molar-refractivity contribution in [2.75, 3.05) is 12.4 Å². The van der Waals surface area contributed by atoms with Crippen molar-refractivity contribution in [2.45, 2.75) is 19.9 Å². The Morgan fingerprint density at radius 2 is 1.79 bits per heavy atom. The van der Waals surface area contributed by atoms with Crippen LogP contribution in [0.4, 0.5) is 5.69 Å². The molecule has 2 N–H and O–H groups in total. The Morgan fingerprint density at radius 1 is 1.07 bits per heavy atom. The maximum absolute atomic E-state index is 12.4. The molecule has 0 atom stereocenters. The number of hydrogen-bond acceptors (Lipinski definition) is 4. The number of rotatable bonds is 6. The van der Waals surface area contributed by atoms with Gasteiger partial charge in [0.1, 0.15) is 0 Å². The smallest absolute Gasteiger partial charge is 0.251 e. The molecule has 1 aromatic heterocycles. The Hall–Kier alpha value is -2.90. The first-order valence-corrected chi connectivity index (χ1v) is 9.58. The lowest BCUT2D eigenvalue weighted by molar-refractivity contribution is -0.115. The molecule has 3 aromatic rings. The Bertz CT molecular complexity index is 1050. The quantitative estimate of drug-likeness (QED) is 0.624. The van der Waals surface area contributed by atoms with Crippen LogP contribution in [0.1, 0.15) is 27.3 Å². The lowest BCUT2D eigenvalue weighted by Gasteiger charge is -2.07. The van der Waals surface area contributed by atoms with E-state index < -0.39 is 0 Å². The van der Waals surface area contributed by atoms with Crippen LogP contribution in [0.15, 0.2) is 42.5 Å². The molecule has 0 fully saturated rings. The maximum atomic E-state index is 12.4. The summed E-state index contributed by atoms with van der Waals surface area (Å²) in [7, 11) is 1.56. The minimum atomic E-state index is -0.220. The van der Waals surface area contributed by atoms with Gasteiger partial charge in [0.05, 0.1) is 34.4 Å². The van der Waals surface area contributed by atoms with E-state index in [2.05, 4.69) is 20.9 Å². The minimum Gasteiger partial charge on any atom is -0.355 e. The molecule has 0 aliphatic heterocycles. The summed E-state index contributed by atoms with van der Waals surface area (Å²) < 4.78 is 1.71. The molecule has 0 aliphatic carbocycles. The van der Waals surface area contributed by atoms with E-state index in [0.717, 1.165) is 11.3 Å². The molecule has 3 rings (SSSR count). The van der Waals surface area contributed by atoms with E-state index in [1.54, 1.807) is 48.1 Å². The molecule has 0 aliphatic rings. The van der Waals surface area contributed by atoms with Crippen LogP contribution in [-0.2, 0) is 17.8 Å². The van der Waals surface area contributed by atoms with E-state index in [-0.39, 0.29) is 18.2 Å². The number of amides is 2. The van der Waals surface area contributed by atoms with Crippen LogP contribution < -0.4 is 10.6 Å². The van der Waals surface area contributed by atoms with Crippen molar-refractivity contribution in [3.63, 3.8) is 0 Å². The van der Waals surface area contributed by atoms with Crippen LogP contribution in [0.5, 0.6) is 0 Å². The van der Waals surface area contributed by atoms with Crippen LogP contribution in [-0.4, -0.2) is 33.9 Å². The van der Waals surface area contributed by atoms with Gasteiger partial charge >= 0.3 is 0 Å². The van der Waals surface area contributed by atoms with E-state index in [1.807, 2.05) is 13.0 Å². The second kappa shape index (κ2) is 9.07. The number of benzene rings is 2. The summed E-state index contributed by atoms with van der Waals surface area (Å²) in [6.07, 6.45) is 0.0877. The van der Waals surface area contributed by atoms with Gasteiger partial charge in [0.25, 0.3) is 5.91 Å². The van der Waals surface area contributed by atoms with Crippen LogP contribution in [0.25, 0.3) is 0 Å². The van der Waals surface area contributed by atoms with Gasteiger partial charge in [-0.25, -0.2) is 4.68 Å². The van der Waals surface area contributed by atoms with Gasteiger partial charge in [-0.1, -0.05) is 34.5 Å². The first kappa shape index (κ1) is 20.8. The first-order chi connectivity index (χ1) is 13.9. The summed E-state index contributed by atoms with van der Waals surface area (Å²) in [5.74, 6) is -0.403. The van der Waals surface area contributed by atoms with E-state index in [0.29, 0.717) is 33.5 Å². The number of nitrogens with one attached hydrogen (secondary N) is 2. The highest BCUT2D eigenvalue weighted by atomic mass is 35.5. The van der Waals surface area contributed by atoms with Crippen LogP contribution in [0, 0.1) is 6.92 Å². The third kappa shape index (κ3) is 5.13. The zero-order valence-corrected chi connectivity index (χ0v) is 17.4. The maximum Gasteiger partial charge on any atom is 0.251 e. The fraction of sp³-hybridized carbons (Fsp3) is 0.200.